The van der Waals surface area contributed by atoms with Gasteiger partial charge in [0.25, 0.3) is 5.91 Å². The van der Waals surface area contributed by atoms with Crippen LogP contribution in [0.2, 0.25) is 0 Å². The summed E-state index contributed by atoms with van der Waals surface area (Å²) in [6, 6.07) is 6.71. The molecule has 0 saturated carbocycles. The van der Waals surface area contributed by atoms with Gasteiger partial charge in [-0.25, -0.2) is 9.07 Å². The summed E-state index contributed by atoms with van der Waals surface area (Å²) in [6.45, 7) is 5.70. The first-order valence-electron chi connectivity index (χ1n) is 7.83. The Bertz CT molecular complexity index is 943. The van der Waals surface area contributed by atoms with E-state index in [0.29, 0.717) is 12.2 Å². The van der Waals surface area contributed by atoms with Crippen molar-refractivity contribution in [2.75, 3.05) is 0 Å². The lowest BCUT2D eigenvalue weighted by Gasteiger charge is -2.07. The molecule has 1 N–H and O–H groups in total. The fraction of sp³-hybridized carbons (Fsp3) is 0.294. The highest BCUT2D eigenvalue weighted by atomic mass is 19.1. The Morgan fingerprint density at radius 2 is 2.00 bits per heavy atom. The monoisotopic (exact) mass is 342 g/mol. The molecule has 2 heterocycles. The summed E-state index contributed by atoms with van der Waals surface area (Å²) in [4.78, 5) is 12.4. The predicted octanol–water partition coefficient (Wildman–Crippen LogP) is 2.00. The molecule has 0 atom stereocenters. The SMILES string of the molecule is Cc1ccc(-n2nnc(C(=O)NCc3cc(C)nn3C)c2C)c(F)c1. The molecule has 25 heavy (non-hydrogen) atoms. The second-order valence-corrected chi connectivity index (χ2v) is 5.97. The molecule has 0 aliphatic rings. The molecule has 0 saturated heterocycles. The second kappa shape index (κ2) is 6.46. The summed E-state index contributed by atoms with van der Waals surface area (Å²) in [5, 5.41) is 14.9. The van der Waals surface area contributed by atoms with Gasteiger partial charge in [0.2, 0.25) is 0 Å². The van der Waals surface area contributed by atoms with Crippen LogP contribution >= 0.6 is 0 Å². The third-order valence-corrected chi connectivity index (χ3v) is 3.97. The summed E-state index contributed by atoms with van der Waals surface area (Å²) in [5.41, 5.74) is 3.46. The molecule has 0 unspecified atom stereocenters. The van der Waals surface area contributed by atoms with Gasteiger partial charge in [0.1, 0.15) is 11.5 Å². The van der Waals surface area contributed by atoms with E-state index in [1.165, 1.54) is 10.7 Å². The topological polar surface area (TPSA) is 77.6 Å². The van der Waals surface area contributed by atoms with E-state index in [2.05, 4.69) is 20.7 Å². The van der Waals surface area contributed by atoms with Gasteiger partial charge in [-0.1, -0.05) is 11.3 Å². The molecule has 0 aliphatic carbocycles. The quantitative estimate of drug-likeness (QED) is 0.787. The Kier molecular flexibility index (Phi) is 4.35. The number of nitrogens with one attached hydrogen (secondary N) is 1. The average molecular weight is 342 g/mol. The summed E-state index contributed by atoms with van der Waals surface area (Å²) in [6.07, 6.45) is 0. The third-order valence-electron chi connectivity index (χ3n) is 3.97. The number of amides is 1. The highest BCUT2D eigenvalue weighted by Gasteiger charge is 2.19. The van der Waals surface area contributed by atoms with Gasteiger partial charge in [0, 0.05) is 7.05 Å². The van der Waals surface area contributed by atoms with E-state index in [4.69, 9.17) is 0 Å². The molecule has 0 spiro atoms. The van der Waals surface area contributed by atoms with E-state index < -0.39 is 5.82 Å². The maximum Gasteiger partial charge on any atom is 0.274 e. The smallest absolute Gasteiger partial charge is 0.274 e. The summed E-state index contributed by atoms with van der Waals surface area (Å²) < 4.78 is 17.2. The molecule has 130 valence electrons. The van der Waals surface area contributed by atoms with Crippen LogP contribution in [0.3, 0.4) is 0 Å². The Morgan fingerprint density at radius 1 is 1.24 bits per heavy atom. The van der Waals surface area contributed by atoms with Gasteiger partial charge in [-0.05, 0) is 44.5 Å². The molecule has 0 radical (unpaired) electrons. The minimum Gasteiger partial charge on any atom is -0.345 e. The summed E-state index contributed by atoms with van der Waals surface area (Å²) in [7, 11) is 1.82. The van der Waals surface area contributed by atoms with Gasteiger partial charge in [-0.2, -0.15) is 5.10 Å². The van der Waals surface area contributed by atoms with Crippen molar-refractivity contribution in [1.29, 1.82) is 0 Å². The van der Waals surface area contributed by atoms with Crippen molar-refractivity contribution in [2.45, 2.75) is 27.3 Å². The lowest BCUT2D eigenvalue weighted by Crippen LogP contribution is -2.25. The van der Waals surface area contributed by atoms with Crippen LogP contribution < -0.4 is 5.32 Å². The first kappa shape index (κ1) is 16.8. The molecule has 1 amide bonds. The lowest BCUT2D eigenvalue weighted by atomic mass is 10.2. The predicted molar refractivity (Wildman–Crippen MR) is 89.9 cm³/mol. The number of aryl methyl sites for hydroxylation is 3. The molecular weight excluding hydrogens is 323 g/mol. The largest absolute Gasteiger partial charge is 0.345 e. The average Bonchev–Trinajstić information content (AvgIpc) is 3.07. The van der Waals surface area contributed by atoms with Gasteiger partial charge in [0.05, 0.1) is 23.6 Å². The molecule has 2 aromatic heterocycles. The Balaban J connectivity index is 1.80. The van der Waals surface area contributed by atoms with Crippen molar-refractivity contribution in [1.82, 2.24) is 30.1 Å². The van der Waals surface area contributed by atoms with Gasteiger partial charge in [-0.15, -0.1) is 5.10 Å². The van der Waals surface area contributed by atoms with Gasteiger partial charge < -0.3 is 5.32 Å². The highest BCUT2D eigenvalue weighted by molar-refractivity contribution is 5.93. The fourth-order valence-corrected chi connectivity index (χ4v) is 2.64. The van der Waals surface area contributed by atoms with E-state index in [-0.39, 0.29) is 17.3 Å². The molecule has 0 fully saturated rings. The maximum atomic E-state index is 14.1. The van der Waals surface area contributed by atoms with Crippen molar-refractivity contribution < 1.29 is 9.18 Å². The van der Waals surface area contributed by atoms with Crippen LogP contribution in [0.1, 0.15) is 33.1 Å². The molecule has 1 aromatic carbocycles. The molecule has 3 rings (SSSR count). The number of carbonyl (C=O) groups is 1. The first-order valence-corrected chi connectivity index (χ1v) is 7.83. The van der Waals surface area contributed by atoms with Crippen LogP contribution in [0.4, 0.5) is 4.39 Å². The van der Waals surface area contributed by atoms with Crippen LogP contribution in [0.5, 0.6) is 0 Å². The molecule has 8 heteroatoms. The van der Waals surface area contributed by atoms with Crippen molar-refractivity contribution in [3.8, 4) is 5.69 Å². The van der Waals surface area contributed by atoms with Crippen molar-refractivity contribution >= 4 is 5.91 Å². The third kappa shape index (κ3) is 3.28. The number of hydrogen-bond donors (Lipinski definition) is 1. The van der Waals surface area contributed by atoms with Crippen molar-refractivity contribution in [3.63, 3.8) is 0 Å². The molecule has 0 aliphatic heterocycles. The Labute approximate surface area is 144 Å². The van der Waals surface area contributed by atoms with Gasteiger partial charge in [-0.3, -0.25) is 9.48 Å². The van der Waals surface area contributed by atoms with Crippen molar-refractivity contribution in [2.24, 2.45) is 7.05 Å². The summed E-state index contributed by atoms with van der Waals surface area (Å²) >= 11 is 0. The van der Waals surface area contributed by atoms with E-state index in [1.807, 2.05) is 20.0 Å². The zero-order valence-corrected chi connectivity index (χ0v) is 14.5. The second-order valence-electron chi connectivity index (χ2n) is 5.97. The Morgan fingerprint density at radius 3 is 2.64 bits per heavy atom. The number of rotatable bonds is 4. The van der Waals surface area contributed by atoms with E-state index >= 15 is 0 Å². The van der Waals surface area contributed by atoms with Crippen molar-refractivity contribution in [3.05, 3.63) is 58.4 Å². The minimum atomic E-state index is -0.412. The summed E-state index contributed by atoms with van der Waals surface area (Å²) in [5.74, 6) is -0.777. The number of nitrogens with zero attached hydrogens (tertiary/aromatic N) is 5. The van der Waals surface area contributed by atoms with Crippen LogP contribution in [-0.2, 0) is 13.6 Å². The zero-order chi connectivity index (χ0) is 18.1. The van der Waals surface area contributed by atoms with Crippen LogP contribution in [0, 0.1) is 26.6 Å². The number of hydrogen-bond acceptors (Lipinski definition) is 4. The number of halogens is 1. The molecule has 0 bridgehead atoms. The van der Waals surface area contributed by atoms with Crippen LogP contribution in [-0.4, -0.2) is 30.7 Å². The zero-order valence-electron chi connectivity index (χ0n) is 14.5. The molecule has 3 aromatic rings. The Hall–Kier alpha value is -3.03. The molecular formula is C17H19FN6O. The number of aromatic nitrogens is 5. The highest BCUT2D eigenvalue weighted by Crippen LogP contribution is 2.17. The van der Waals surface area contributed by atoms with Crippen LogP contribution in [0.25, 0.3) is 5.69 Å². The number of carbonyl (C=O) groups excluding carboxylic acids is 1. The standard InChI is InChI=1S/C17H19FN6O/c1-10-5-6-15(14(18)7-10)24-12(3)16(20-22-24)17(25)19-9-13-8-11(2)21-23(13)4/h5-8H,9H2,1-4H3,(H,19,25). The fourth-order valence-electron chi connectivity index (χ4n) is 2.64. The first-order chi connectivity index (χ1) is 11.9. The lowest BCUT2D eigenvalue weighted by molar-refractivity contribution is 0.0944. The van der Waals surface area contributed by atoms with E-state index in [0.717, 1.165) is 17.0 Å². The number of benzene rings is 1. The normalized spacial score (nSPS) is 10.9. The van der Waals surface area contributed by atoms with Gasteiger partial charge in [0.15, 0.2) is 5.69 Å². The van der Waals surface area contributed by atoms with E-state index in [1.54, 1.807) is 30.7 Å². The maximum absolute atomic E-state index is 14.1. The van der Waals surface area contributed by atoms with E-state index in [9.17, 15) is 9.18 Å². The van der Waals surface area contributed by atoms with Gasteiger partial charge >= 0.3 is 0 Å². The van der Waals surface area contributed by atoms with Crippen LogP contribution in [0.15, 0.2) is 24.3 Å². The minimum absolute atomic E-state index is 0.166. The molecule has 7 nitrogen and oxygen atoms in total.